The fraction of sp³-hybridized carbons (Fsp3) is 0.758. The lowest BCUT2D eigenvalue weighted by Crippen LogP contribution is -2.45. The number of hydrogen-bond donors (Lipinski definition) is 8. The third-order valence-corrected chi connectivity index (χ3v) is 7.08. The van der Waals surface area contributed by atoms with Gasteiger partial charge in [-0.15, -0.1) is 0 Å². The minimum absolute atomic E-state index is 0.0144. The van der Waals surface area contributed by atoms with E-state index in [2.05, 4.69) is 26.6 Å². The molecule has 0 rings (SSSR count). The van der Waals surface area contributed by atoms with E-state index in [0.29, 0.717) is 6.61 Å². The maximum Gasteiger partial charge on any atom is 0.326 e. The number of carboxylic acids is 3. The number of hydrogen-bond acceptors (Lipinski definition) is 13. The molecule has 0 aliphatic heterocycles. The second kappa shape index (κ2) is 29.2. The van der Waals surface area contributed by atoms with Gasteiger partial charge in [0, 0.05) is 44.3 Å². The minimum atomic E-state index is -1.47. The van der Waals surface area contributed by atoms with Crippen LogP contribution in [0, 0.1) is 5.92 Å². The van der Waals surface area contributed by atoms with Gasteiger partial charge in [-0.25, -0.2) is 9.59 Å². The fourth-order valence-corrected chi connectivity index (χ4v) is 4.16. The normalized spacial score (nSPS) is 12.8. The molecule has 4 amide bonds. The number of ketones is 1. The van der Waals surface area contributed by atoms with Crippen LogP contribution in [0.2, 0.25) is 0 Å². The molecule has 20 nitrogen and oxygen atoms in total. The van der Waals surface area contributed by atoms with Gasteiger partial charge >= 0.3 is 17.9 Å². The summed E-state index contributed by atoms with van der Waals surface area (Å²) in [5.74, 6) is -6.43. The highest BCUT2D eigenvalue weighted by molar-refractivity contribution is 5.87. The molecular weight excluding hydrogens is 706 g/mol. The first-order chi connectivity index (χ1) is 25.0. The Morgan fingerprint density at radius 2 is 0.887 bits per heavy atom. The van der Waals surface area contributed by atoms with Gasteiger partial charge in [0.2, 0.25) is 23.6 Å². The van der Waals surface area contributed by atoms with E-state index in [1.165, 1.54) is 0 Å². The summed E-state index contributed by atoms with van der Waals surface area (Å²) in [4.78, 5) is 94.6. The van der Waals surface area contributed by atoms with Gasteiger partial charge in [-0.2, -0.15) is 0 Å². The third kappa shape index (κ3) is 27.1. The lowest BCUT2D eigenvalue weighted by molar-refractivity contribution is -0.143. The van der Waals surface area contributed by atoms with Crippen LogP contribution in [0.1, 0.15) is 66.2 Å². The molecule has 53 heavy (non-hydrogen) atoms. The summed E-state index contributed by atoms with van der Waals surface area (Å²) < 4.78 is 21.0. The zero-order chi connectivity index (χ0) is 40.2. The number of carboxylic acid groups (broad SMARTS) is 3. The van der Waals surface area contributed by atoms with Gasteiger partial charge in [-0.1, -0.05) is 27.7 Å². The molecule has 0 aromatic carbocycles. The summed E-state index contributed by atoms with van der Waals surface area (Å²) in [7, 11) is 0. The van der Waals surface area contributed by atoms with E-state index in [9.17, 15) is 53.7 Å². The van der Waals surface area contributed by atoms with Crippen molar-refractivity contribution in [3.05, 3.63) is 0 Å². The lowest BCUT2D eigenvalue weighted by atomic mass is 10.1. The van der Waals surface area contributed by atoms with Crippen LogP contribution < -0.4 is 26.6 Å². The van der Waals surface area contributed by atoms with Crippen molar-refractivity contribution in [1.29, 1.82) is 0 Å². The predicted octanol–water partition coefficient (Wildman–Crippen LogP) is -1.56. The first kappa shape index (κ1) is 48.8. The Labute approximate surface area is 308 Å². The van der Waals surface area contributed by atoms with E-state index < -0.39 is 60.2 Å². The summed E-state index contributed by atoms with van der Waals surface area (Å²) in [6.07, 6.45) is -1.67. The van der Waals surface area contributed by atoms with Crippen LogP contribution in [0.5, 0.6) is 0 Å². The number of ether oxygens (including phenoxy) is 4. The van der Waals surface area contributed by atoms with Crippen LogP contribution in [0.3, 0.4) is 0 Å². The maximum absolute atomic E-state index is 12.4. The monoisotopic (exact) mass is 763 g/mol. The van der Waals surface area contributed by atoms with Crippen LogP contribution in [-0.4, -0.2) is 153 Å². The SMILES string of the molecule is CC(C)N[C@@H](CCC(=O)N[C@@H](CCC(=O)N[C@@H](CCC(=O)NCCOCCOCC(=O)NCCOCCOCC(=O)C(C)C)C(=O)O)C(=O)O)C(=O)O. The van der Waals surface area contributed by atoms with Gasteiger partial charge in [0.25, 0.3) is 0 Å². The number of amides is 4. The van der Waals surface area contributed by atoms with E-state index >= 15 is 0 Å². The average molecular weight is 764 g/mol. The topological polar surface area (TPSA) is 294 Å². The molecular formula is C33H57N5O15. The van der Waals surface area contributed by atoms with Gasteiger partial charge in [0.15, 0.2) is 5.78 Å². The van der Waals surface area contributed by atoms with Crippen molar-refractivity contribution < 1.29 is 72.6 Å². The summed E-state index contributed by atoms with van der Waals surface area (Å²) >= 11 is 0. The Balaban J connectivity index is 4.16. The molecule has 3 atom stereocenters. The number of rotatable bonds is 33. The van der Waals surface area contributed by atoms with Crippen molar-refractivity contribution in [3.63, 3.8) is 0 Å². The highest BCUT2D eigenvalue weighted by Gasteiger charge is 2.26. The molecule has 0 radical (unpaired) electrons. The first-order valence-electron chi connectivity index (χ1n) is 17.4. The van der Waals surface area contributed by atoms with E-state index in [1.807, 2.05) is 0 Å². The first-order valence-corrected chi connectivity index (χ1v) is 17.4. The molecule has 0 unspecified atom stereocenters. The van der Waals surface area contributed by atoms with Crippen LogP contribution in [0.15, 0.2) is 0 Å². The molecule has 304 valence electrons. The van der Waals surface area contributed by atoms with Gasteiger partial charge in [0.1, 0.15) is 31.3 Å². The van der Waals surface area contributed by atoms with E-state index in [0.717, 1.165) is 0 Å². The second-order valence-corrected chi connectivity index (χ2v) is 12.4. The number of carbonyl (C=O) groups is 8. The van der Waals surface area contributed by atoms with E-state index in [-0.39, 0.29) is 115 Å². The molecule has 0 spiro atoms. The molecule has 8 N–H and O–H groups in total. The molecule has 0 aliphatic carbocycles. The van der Waals surface area contributed by atoms with Crippen molar-refractivity contribution >= 4 is 47.3 Å². The van der Waals surface area contributed by atoms with Gasteiger partial charge in [-0.3, -0.25) is 28.8 Å². The Kier molecular flexibility index (Phi) is 26.9. The number of Topliss-reactive ketones (excluding diaryl/α,β-unsaturated/α-hetero) is 1. The Hall–Kier alpha value is -4.24. The maximum atomic E-state index is 12.4. The highest BCUT2D eigenvalue weighted by Crippen LogP contribution is 2.05. The molecule has 0 aliphatic rings. The predicted molar refractivity (Wildman–Crippen MR) is 186 cm³/mol. The summed E-state index contributed by atoms with van der Waals surface area (Å²) in [5, 5.41) is 40.6. The van der Waals surface area contributed by atoms with Gasteiger partial charge in [0.05, 0.1) is 39.6 Å². The number of nitrogens with one attached hydrogen (secondary N) is 5. The van der Waals surface area contributed by atoms with Crippen LogP contribution in [0.4, 0.5) is 0 Å². The van der Waals surface area contributed by atoms with E-state index in [4.69, 9.17) is 18.9 Å². The molecule has 20 heteroatoms. The zero-order valence-electron chi connectivity index (χ0n) is 30.9. The Bertz CT molecular complexity index is 1170. The van der Waals surface area contributed by atoms with Gasteiger partial charge in [-0.05, 0) is 19.3 Å². The highest BCUT2D eigenvalue weighted by atomic mass is 16.5. The van der Waals surface area contributed by atoms with Gasteiger partial charge < -0.3 is 60.9 Å². The number of carbonyl (C=O) groups excluding carboxylic acids is 5. The van der Waals surface area contributed by atoms with Crippen molar-refractivity contribution in [2.24, 2.45) is 5.92 Å². The standard InChI is InChI=1S/C33H57N5O15/c1-21(2)26(39)19-52-17-15-51-14-12-35-30(43)20-53-18-16-50-13-11-34-27(40)8-5-24(32(46)47)37-29(42)10-7-25(33(48)49)38-28(41)9-6-23(31(44)45)36-22(3)4/h21-25,36H,5-20H2,1-4H3,(H,34,40)(H,35,43)(H,37,42)(H,38,41)(H,44,45)(H,46,47)(H,48,49)/t23-,24-,25-/m0/s1. The smallest absolute Gasteiger partial charge is 0.326 e. The lowest BCUT2D eigenvalue weighted by Gasteiger charge is -2.19. The fourth-order valence-electron chi connectivity index (χ4n) is 4.16. The van der Waals surface area contributed by atoms with Crippen molar-refractivity contribution in [3.8, 4) is 0 Å². The van der Waals surface area contributed by atoms with E-state index in [1.54, 1.807) is 27.7 Å². The molecule has 0 saturated heterocycles. The largest absolute Gasteiger partial charge is 0.480 e. The number of aliphatic carboxylic acids is 3. The molecule has 0 heterocycles. The van der Waals surface area contributed by atoms with Crippen molar-refractivity contribution in [1.82, 2.24) is 26.6 Å². The summed E-state index contributed by atoms with van der Waals surface area (Å²) in [6, 6.07) is -4.08. The molecule has 0 bridgehead atoms. The Morgan fingerprint density at radius 1 is 0.491 bits per heavy atom. The average Bonchev–Trinajstić information content (AvgIpc) is 3.08. The molecule has 0 saturated carbocycles. The third-order valence-electron chi connectivity index (χ3n) is 7.08. The van der Waals surface area contributed by atoms with Crippen LogP contribution in [0.25, 0.3) is 0 Å². The molecule has 0 aromatic heterocycles. The molecule has 0 aromatic rings. The Morgan fingerprint density at radius 3 is 1.32 bits per heavy atom. The molecule has 0 fully saturated rings. The minimum Gasteiger partial charge on any atom is -0.480 e. The summed E-state index contributed by atoms with van der Waals surface area (Å²) in [6.45, 7) is 8.50. The summed E-state index contributed by atoms with van der Waals surface area (Å²) in [5.41, 5.74) is 0. The van der Waals surface area contributed by atoms with Crippen LogP contribution >= 0.6 is 0 Å². The van der Waals surface area contributed by atoms with Crippen molar-refractivity contribution in [2.45, 2.75) is 90.4 Å². The quantitative estimate of drug-likeness (QED) is 0.0351. The van der Waals surface area contributed by atoms with Crippen molar-refractivity contribution in [2.75, 3.05) is 65.9 Å². The van der Waals surface area contributed by atoms with Crippen LogP contribution in [-0.2, 0) is 57.3 Å². The second-order valence-electron chi connectivity index (χ2n) is 12.4. The zero-order valence-corrected chi connectivity index (χ0v) is 30.9.